The molecular formula is C11H9NO3. The summed E-state index contributed by atoms with van der Waals surface area (Å²) in [5.74, 6) is -1.00. The lowest BCUT2D eigenvalue weighted by atomic mass is 10.0. The van der Waals surface area contributed by atoms with Gasteiger partial charge < -0.3 is 15.3 Å². The second-order valence-electron chi connectivity index (χ2n) is 3.13. The molecule has 1 aromatic carbocycles. The Morgan fingerprint density at radius 1 is 1.20 bits per heavy atom. The van der Waals surface area contributed by atoms with Crippen LogP contribution in [0.1, 0.15) is 10.4 Å². The highest BCUT2D eigenvalue weighted by molar-refractivity contribution is 5.95. The predicted molar refractivity (Wildman–Crippen MR) is 55.5 cm³/mol. The van der Waals surface area contributed by atoms with Crippen LogP contribution in [-0.4, -0.2) is 11.1 Å². The minimum absolute atomic E-state index is 0.153. The molecule has 0 atom stereocenters. The number of nitrogen functional groups attached to an aromatic ring is 1. The van der Waals surface area contributed by atoms with Crippen molar-refractivity contribution in [2.45, 2.75) is 0 Å². The molecule has 0 saturated carbocycles. The zero-order chi connectivity index (χ0) is 10.8. The van der Waals surface area contributed by atoms with Crippen LogP contribution in [0.25, 0.3) is 11.1 Å². The minimum atomic E-state index is -1.00. The number of anilines is 1. The second-order valence-corrected chi connectivity index (χ2v) is 3.13. The molecule has 0 amide bonds. The van der Waals surface area contributed by atoms with Crippen LogP contribution < -0.4 is 5.73 Å². The van der Waals surface area contributed by atoms with Gasteiger partial charge in [-0.3, -0.25) is 0 Å². The first-order valence-corrected chi connectivity index (χ1v) is 4.34. The maximum absolute atomic E-state index is 10.8. The van der Waals surface area contributed by atoms with E-state index in [9.17, 15) is 4.79 Å². The summed E-state index contributed by atoms with van der Waals surface area (Å²) in [6.45, 7) is 0. The first kappa shape index (κ1) is 9.33. The number of benzene rings is 1. The second kappa shape index (κ2) is 3.49. The summed E-state index contributed by atoms with van der Waals surface area (Å²) >= 11 is 0. The van der Waals surface area contributed by atoms with E-state index in [4.69, 9.17) is 15.3 Å². The van der Waals surface area contributed by atoms with Crippen LogP contribution in [0.3, 0.4) is 0 Å². The van der Waals surface area contributed by atoms with E-state index in [1.54, 1.807) is 24.3 Å². The largest absolute Gasteiger partial charge is 0.478 e. The monoisotopic (exact) mass is 203 g/mol. The maximum atomic E-state index is 10.8. The smallest absolute Gasteiger partial charge is 0.339 e. The third-order valence-electron chi connectivity index (χ3n) is 2.11. The van der Waals surface area contributed by atoms with Crippen molar-refractivity contribution in [2.75, 3.05) is 5.73 Å². The highest BCUT2D eigenvalue weighted by atomic mass is 16.4. The molecular weight excluding hydrogens is 194 g/mol. The van der Waals surface area contributed by atoms with Crippen molar-refractivity contribution < 1.29 is 14.3 Å². The normalized spacial score (nSPS) is 10.1. The molecule has 2 aromatic rings. The molecule has 0 unspecified atom stereocenters. The van der Waals surface area contributed by atoms with Gasteiger partial charge in [0.2, 0.25) is 0 Å². The van der Waals surface area contributed by atoms with E-state index in [2.05, 4.69) is 0 Å². The summed E-state index contributed by atoms with van der Waals surface area (Å²) in [6, 6.07) is 6.95. The highest BCUT2D eigenvalue weighted by Gasteiger charge is 2.13. The van der Waals surface area contributed by atoms with Gasteiger partial charge in [-0.15, -0.1) is 0 Å². The Balaban J connectivity index is 2.49. The number of hydrogen-bond donors (Lipinski definition) is 2. The van der Waals surface area contributed by atoms with Crippen LogP contribution >= 0.6 is 0 Å². The van der Waals surface area contributed by atoms with Crippen LogP contribution in [0.15, 0.2) is 41.2 Å². The van der Waals surface area contributed by atoms with Gasteiger partial charge >= 0.3 is 5.97 Å². The Morgan fingerprint density at radius 2 is 1.87 bits per heavy atom. The molecule has 0 aliphatic carbocycles. The first-order valence-electron chi connectivity index (χ1n) is 4.34. The molecule has 0 fully saturated rings. The summed E-state index contributed by atoms with van der Waals surface area (Å²) in [4.78, 5) is 10.8. The summed E-state index contributed by atoms with van der Waals surface area (Å²) in [6.07, 6.45) is 2.63. The van der Waals surface area contributed by atoms with Gasteiger partial charge in [0.05, 0.1) is 6.26 Å². The quantitative estimate of drug-likeness (QED) is 0.733. The standard InChI is InChI=1S/C11H9NO3/c12-8-3-1-7(2-4-8)9-5-15-6-10(9)11(13)14/h1-6H,12H2,(H,13,14). The number of aromatic carboxylic acids is 1. The van der Waals surface area contributed by atoms with Crippen molar-refractivity contribution in [1.29, 1.82) is 0 Å². The molecule has 0 saturated heterocycles. The molecule has 0 spiro atoms. The Morgan fingerprint density at radius 3 is 2.47 bits per heavy atom. The van der Waals surface area contributed by atoms with Crippen LogP contribution in [0.5, 0.6) is 0 Å². The zero-order valence-corrected chi connectivity index (χ0v) is 7.81. The molecule has 0 aliphatic rings. The first-order chi connectivity index (χ1) is 7.18. The lowest BCUT2D eigenvalue weighted by Gasteiger charge is -1.99. The molecule has 2 rings (SSSR count). The van der Waals surface area contributed by atoms with Gasteiger partial charge in [0, 0.05) is 11.3 Å². The maximum Gasteiger partial charge on any atom is 0.339 e. The van der Waals surface area contributed by atoms with Gasteiger partial charge in [-0.2, -0.15) is 0 Å². The Hall–Kier alpha value is -2.23. The van der Waals surface area contributed by atoms with Crippen LogP contribution in [0, 0.1) is 0 Å². The number of nitrogens with two attached hydrogens (primary N) is 1. The fourth-order valence-corrected chi connectivity index (χ4v) is 1.35. The Bertz CT molecular complexity index is 485. The highest BCUT2D eigenvalue weighted by Crippen LogP contribution is 2.25. The molecule has 4 nitrogen and oxygen atoms in total. The molecule has 4 heteroatoms. The van der Waals surface area contributed by atoms with E-state index in [0.717, 1.165) is 5.56 Å². The van der Waals surface area contributed by atoms with E-state index in [-0.39, 0.29) is 5.56 Å². The average Bonchev–Trinajstić information content (AvgIpc) is 2.67. The summed E-state index contributed by atoms with van der Waals surface area (Å²) in [5.41, 5.74) is 7.66. The van der Waals surface area contributed by atoms with Crippen LogP contribution in [-0.2, 0) is 0 Å². The van der Waals surface area contributed by atoms with Crippen molar-refractivity contribution >= 4 is 11.7 Å². The van der Waals surface area contributed by atoms with Crippen molar-refractivity contribution in [1.82, 2.24) is 0 Å². The third kappa shape index (κ3) is 1.69. The summed E-state index contributed by atoms with van der Waals surface area (Å²) < 4.78 is 4.88. The van der Waals surface area contributed by atoms with Gasteiger partial charge in [-0.1, -0.05) is 12.1 Å². The zero-order valence-electron chi connectivity index (χ0n) is 7.81. The molecule has 0 aliphatic heterocycles. The summed E-state index contributed by atoms with van der Waals surface area (Å²) in [5, 5.41) is 8.89. The van der Waals surface area contributed by atoms with E-state index >= 15 is 0 Å². The van der Waals surface area contributed by atoms with Crippen molar-refractivity contribution in [2.24, 2.45) is 0 Å². The molecule has 1 heterocycles. The lowest BCUT2D eigenvalue weighted by molar-refractivity contribution is 0.0697. The predicted octanol–water partition coefficient (Wildman–Crippen LogP) is 2.23. The topological polar surface area (TPSA) is 76.5 Å². The SMILES string of the molecule is Nc1ccc(-c2cocc2C(=O)O)cc1. The molecule has 0 radical (unpaired) electrons. The number of carboxylic acids is 1. The Labute approximate surface area is 85.9 Å². The van der Waals surface area contributed by atoms with E-state index in [1.165, 1.54) is 12.5 Å². The van der Waals surface area contributed by atoms with Crippen molar-refractivity contribution in [3.8, 4) is 11.1 Å². The molecule has 3 N–H and O–H groups in total. The molecule has 0 bridgehead atoms. The molecule has 15 heavy (non-hydrogen) atoms. The van der Waals surface area contributed by atoms with Crippen LogP contribution in [0.4, 0.5) is 5.69 Å². The fourth-order valence-electron chi connectivity index (χ4n) is 1.35. The number of hydrogen-bond acceptors (Lipinski definition) is 3. The van der Waals surface area contributed by atoms with Crippen molar-refractivity contribution in [3.63, 3.8) is 0 Å². The van der Waals surface area contributed by atoms with E-state index in [1.807, 2.05) is 0 Å². The van der Waals surface area contributed by atoms with Crippen molar-refractivity contribution in [3.05, 3.63) is 42.4 Å². The number of carboxylic acid groups (broad SMARTS) is 1. The van der Waals surface area contributed by atoms with Crippen LogP contribution in [0.2, 0.25) is 0 Å². The van der Waals surface area contributed by atoms with Gasteiger partial charge in [-0.05, 0) is 17.7 Å². The van der Waals surface area contributed by atoms with Gasteiger partial charge in [0.15, 0.2) is 0 Å². The number of furan rings is 1. The number of carbonyl (C=O) groups is 1. The third-order valence-corrected chi connectivity index (χ3v) is 2.11. The van der Waals surface area contributed by atoms with E-state index in [0.29, 0.717) is 11.3 Å². The van der Waals surface area contributed by atoms with Gasteiger partial charge in [0.25, 0.3) is 0 Å². The molecule has 1 aromatic heterocycles. The Kier molecular flexibility index (Phi) is 2.17. The average molecular weight is 203 g/mol. The lowest BCUT2D eigenvalue weighted by Crippen LogP contribution is -1.95. The number of rotatable bonds is 2. The van der Waals surface area contributed by atoms with Gasteiger partial charge in [-0.25, -0.2) is 4.79 Å². The van der Waals surface area contributed by atoms with Gasteiger partial charge in [0.1, 0.15) is 11.8 Å². The fraction of sp³-hybridized carbons (Fsp3) is 0. The minimum Gasteiger partial charge on any atom is -0.478 e. The van der Waals surface area contributed by atoms with E-state index < -0.39 is 5.97 Å². The molecule has 76 valence electrons. The summed E-state index contributed by atoms with van der Waals surface area (Å²) in [7, 11) is 0.